The number of nitrogens with one attached hydrogen (secondary N) is 1. The molecule has 8 heteroatoms. The van der Waals surface area contributed by atoms with Crippen LogP contribution in [0.15, 0.2) is 42.6 Å². The van der Waals surface area contributed by atoms with Crippen LogP contribution in [0.3, 0.4) is 0 Å². The highest BCUT2D eigenvalue weighted by Gasteiger charge is 2.24. The van der Waals surface area contributed by atoms with Gasteiger partial charge in [-0.3, -0.25) is 9.59 Å². The lowest BCUT2D eigenvalue weighted by Gasteiger charge is -2.35. The van der Waals surface area contributed by atoms with Gasteiger partial charge in [-0.2, -0.15) is 0 Å². The summed E-state index contributed by atoms with van der Waals surface area (Å²) in [5.74, 6) is 0.504. The summed E-state index contributed by atoms with van der Waals surface area (Å²) in [5, 5.41) is 2.82. The largest absolute Gasteiger partial charge is 0.353 e. The Morgan fingerprint density at radius 3 is 2.46 bits per heavy atom. The summed E-state index contributed by atoms with van der Waals surface area (Å²) in [4.78, 5) is 39.6. The van der Waals surface area contributed by atoms with E-state index in [4.69, 9.17) is 0 Å². The number of likely N-dealkylation sites (N-methyl/N-ethyl adjacent to an activating group) is 1. The van der Waals surface area contributed by atoms with E-state index in [2.05, 4.69) is 20.2 Å². The zero-order valence-electron chi connectivity index (χ0n) is 16.3. The van der Waals surface area contributed by atoms with Crippen molar-refractivity contribution in [3.05, 3.63) is 54.0 Å². The predicted molar refractivity (Wildman–Crippen MR) is 107 cm³/mol. The Morgan fingerprint density at radius 2 is 1.79 bits per heavy atom. The minimum Gasteiger partial charge on any atom is -0.353 e. The van der Waals surface area contributed by atoms with Crippen molar-refractivity contribution in [2.75, 3.05) is 58.3 Å². The molecule has 0 radical (unpaired) electrons. The van der Waals surface area contributed by atoms with Crippen LogP contribution in [0, 0.1) is 0 Å². The van der Waals surface area contributed by atoms with Gasteiger partial charge in [0.25, 0.3) is 11.8 Å². The van der Waals surface area contributed by atoms with Crippen LogP contribution in [0.5, 0.6) is 0 Å². The lowest BCUT2D eigenvalue weighted by Crippen LogP contribution is -2.49. The van der Waals surface area contributed by atoms with Gasteiger partial charge in [-0.05, 0) is 38.4 Å². The molecule has 1 aliphatic rings. The van der Waals surface area contributed by atoms with Crippen LogP contribution >= 0.6 is 0 Å². The van der Waals surface area contributed by atoms with Gasteiger partial charge in [0.05, 0.1) is 0 Å². The first-order valence-corrected chi connectivity index (χ1v) is 9.40. The standard InChI is InChI=1S/C20H26N6O2/c1-24(2)11-10-22-19(27)16-6-5-7-17(23-16)20(28)26-14-12-25(13-15-26)18-8-3-4-9-21-18/h3-9H,10-15H2,1-2H3,(H,22,27). The molecule has 3 heterocycles. The Hall–Kier alpha value is -3.00. The third-order valence-electron chi connectivity index (χ3n) is 4.59. The molecule has 0 bridgehead atoms. The van der Waals surface area contributed by atoms with Crippen molar-refractivity contribution in [1.29, 1.82) is 0 Å². The van der Waals surface area contributed by atoms with Crippen LogP contribution in [0.1, 0.15) is 21.0 Å². The summed E-state index contributed by atoms with van der Waals surface area (Å²) in [6, 6.07) is 10.8. The van der Waals surface area contributed by atoms with Gasteiger partial charge in [0.1, 0.15) is 17.2 Å². The molecule has 0 saturated carbocycles. The summed E-state index contributed by atoms with van der Waals surface area (Å²) in [7, 11) is 3.88. The molecule has 1 N–H and O–H groups in total. The highest BCUT2D eigenvalue weighted by Crippen LogP contribution is 2.14. The van der Waals surface area contributed by atoms with E-state index in [9.17, 15) is 9.59 Å². The quantitative estimate of drug-likeness (QED) is 0.793. The molecule has 1 aliphatic heterocycles. The van der Waals surface area contributed by atoms with Gasteiger partial charge in [0.15, 0.2) is 0 Å². The maximum absolute atomic E-state index is 12.8. The number of aromatic nitrogens is 2. The normalized spacial score (nSPS) is 14.2. The molecule has 0 atom stereocenters. The molecule has 2 aromatic heterocycles. The Morgan fingerprint density at radius 1 is 1.04 bits per heavy atom. The van der Waals surface area contributed by atoms with Gasteiger partial charge in [-0.1, -0.05) is 12.1 Å². The topological polar surface area (TPSA) is 81.7 Å². The smallest absolute Gasteiger partial charge is 0.272 e. The van der Waals surface area contributed by atoms with Crippen molar-refractivity contribution in [2.24, 2.45) is 0 Å². The van der Waals surface area contributed by atoms with Crippen molar-refractivity contribution in [3.8, 4) is 0 Å². The second-order valence-corrected chi connectivity index (χ2v) is 6.93. The Kier molecular flexibility index (Phi) is 6.54. The molecule has 1 fully saturated rings. The van der Waals surface area contributed by atoms with Crippen molar-refractivity contribution >= 4 is 17.6 Å². The summed E-state index contributed by atoms with van der Waals surface area (Å²) in [6.45, 7) is 3.89. The van der Waals surface area contributed by atoms with Crippen LogP contribution < -0.4 is 10.2 Å². The van der Waals surface area contributed by atoms with Gasteiger partial charge >= 0.3 is 0 Å². The Labute approximate surface area is 165 Å². The SMILES string of the molecule is CN(C)CCNC(=O)c1cccc(C(=O)N2CCN(c3ccccn3)CC2)n1. The lowest BCUT2D eigenvalue weighted by molar-refractivity contribution is 0.0740. The van der Waals surface area contributed by atoms with Gasteiger partial charge in [0, 0.05) is 45.5 Å². The first-order valence-electron chi connectivity index (χ1n) is 9.40. The van der Waals surface area contributed by atoms with Crippen molar-refractivity contribution in [1.82, 2.24) is 25.1 Å². The van der Waals surface area contributed by atoms with Crippen LogP contribution in [0.4, 0.5) is 5.82 Å². The molecular formula is C20H26N6O2. The van der Waals surface area contributed by atoms with E-state index >= 15 is 0 Å². The maximum atomic E-state index is 12.8. The number of hydrogen-bond donors (Lipinski definition) is 1. The van der Waals surface area contributed by atoms with E-state index in [1.165, 1.54) is 0 Å². The highest BCUT2D eigenvalue weighted by molar-refractivity contribution is 5.96. The van der Waals surface area contributed by atoms with Crippen molar-refractivity contribution < 1.29 is 9.59 Å². The molecule has 148 valence electrons. The molecule has 0 spiro atoms. The molecule has 0 unspecified atom stereocenters. The minimum absolute atomic E-state index is 0.149. The fraction of sp³-hybridized carbons (Fsp3) is 0.400. The average molecular weight is 382 g/mol. The number of nitrogens with zero attached hydrogens (tertiary/aromatic N) is 5. The fourth-order valence-corrected chi connectivity index (χ4v) is 3.01. The number of carbonyl (C=O) groups excluding carboxylic acids is 2. The Bertz CT molecular complexity index is 803. The molecule has 0 aromatic carbocycles. The molecule has 2 aromatic rings. The van der Waals surface area contributed by atoms with Gasteiger partial charge in [0.2, 0.25) is 0 Å². The van der Waals surface area contributed by atoms with E-state index in [1.807, 2.05) is 37.2 Å². The molecule has 28 heavy (non-hydrogen) atoms. The number of carbonyl (C=O) groups is 2. The average Bonchev–Trinajstić information content (AvgIpc) is 2.74. The maximum Gasteiger partial charge on any atom is 0.272 e. The zero-order valence-corrected chi connectivity index (χ0v) is 16.3. The monoisotopic (exact) mass is 382 g/mol. The first-order chi connectivity index (χ1) is 13.5. The first kappa shape index (κ1) is 19.8. The second kappa shape index (κ2) is 9.27. The molecule has 3 rings (SSSR count). The van der Waals surface area contributed by atoms with E-state index in [0.29, 0.717) is 38.4 Å². The summed E-state index contributed by atoms with van der Waals surface area (Å²) >= 11 is 0. The summed E-state index contributed by atoms with van der Waals surface area (Å²) in [5.41, 5.74) is 0.559. The number of anilines is 1. The fourth-order valence-electron chi connectivity index (χ4n) is 3.01. The zero-order chi connectivity index (χ0) is 19.9. The number of rotatable bonds is 6. The minimum atomic E-state index is -0.267. The van der Waals surface area contributed by atoms with Gasteiger partial charge < -0.3 is 20.0 Å². The third-order valence-corrected chi connectivity index (χ3v) is 4.59. The molecular weight excluding hydrogens is 356 g/mol. The van der Waals surface area contributed by atoms with Crippen LogP contribution in [0.25, 0.3) is 0 Å². The number of pyridine rings is 2. The summed E-state index contributed by atoms with van der Waals surface area (Å²) in [6.07, 6.45) is 1.77. The number of piperazine rings is 1. The number of hydrogen-bond acceptors (Lipinski definition) is 6. The van der Waals surface area contributed by atoms with E-state index in [-0.39, 0.29) is 17.5 Å². The predicted octanol–water partition coefficient (Wildman–Crippen LogP) is 0.730. The Balaban J connectivity index is 1.58. The molecule has 1 saturated heterocycles. The second-order valence-electron chi connectivity index (χ2n) is 6.93. The van der Waals surface area contributed by atoms with E-state index in [1.54, 1.807) is 29.3 Å². The van der Waals surface area contributed by atoms with Crippen LogP contribution in [-0.2, 0) is 0 Å². The van der Waals surface area contributed by atoms with E-state index in [0.717, 1.165) is 12.4 Å². The van der Waals surface area contributed by atoms with Gasteiger partial charge in [-0.25, -0.2) is 9.97 Å². The molecule has 8 nitrogen and oxygen atoms in total. The lowest BCUT2D eigenvalue weighted by atomic mass is 10.2. The van der Waals surface area contributed by atoms with Crippen molar-refractivity contribution in [3.63, 3.8) is 0 Å². The molecule has 2 amide bonds. The van der Waals surface area contributed by atoms with Crippen molar-refractivity contribution in [2.45, 2.75) is 0 Å². The van der Waals surface area contributed by atoms with Gasteiger partial charge in [-0.15, -0.1) is 0 Å². The van der Waals surface area contributed by atoms with Crippen LogP contribution in [0.2, 0.25) is 0 Å². The van der Waals surface area contributed by atoms with Crippen LogP contribution in [-0.4, -0.2) is 84.9 Å². The molecule has 0 aliphatic carbocycles. The van der Waals surface area contributed by atoms with E-state index < -0.39 is 0 Å². The third kappa shape index (κ3) is 5.04. The number of amides is 2. The highest BCUT2D eigenvalue weighted by atomic mass is 16.2. The summed E-state index contributed by atoms with van der Waals surface area (Å²) < 4.78 is 0.